The van der Waals surface area contributed by atoms with Gasteiger partial charge in [-0.1, -0.05) is 26.0 Å². The van der Waals surface area contributed by atoms with Crippen molar-refractivity contribution in [3.05, 3.63) is 58.0 Å². The number of pyridine rings is 1. The molecule has 20 heavy (non-hydrogen) atoms. The number of nitrogens with zero attached hydrogens (tertiary/aromatic N) is 3. The van der Waals surface area contributed by atoms with Gasteiger partial charge in [0.2, 0.25) is 0 Å². The molecule has 3 rings (SSSR count). The molecule has 1 aromatic carbocycles. The van der Waals surface area contributed by atoms with Crippen LogP contribution in [0, 0.1) is 0 Å². The van der Waals surface area contributed by atoms with Crippen molar-refractivity contribution >= 4 is 22.8 Å². The zero-order valence-electron chi connectivity index (χ0n) is 11.4. The molecule has 0 spiro atoms. The Balaban J connectivity index is 2.01. The first-order valence-electron chi connectivity index (χ1n) is 6.55. The fourth-order valence-corrected chi connectivity index (χ4v) is 2.83. The highest BCUT2D eigenvalue weighted by atomic mass is 32.1. The predicted molar refractivity (Wildman–Crippen MR) is 81.3 cm³/mol. The van der Waals surface area contributed by atoms with Crippen LogP contribution in [0.2, 0.25) is 0 Å². The Labute approximate surface area is 121 Å². The molecule has 102 valence electrons. The first-order chi connectivity index (χ1) is 9.65. The molecule has 0 fully saturated rings. The Kier molecular flexibility index (Phi) is 3.36. The number of hydrogen-bond acceptors (Lipinski definition) is 4. The van der Waals surface area contributed by atoms with Crippen LogP contribution in [-0.4, -0.2) is 13.3 Å². The number of aromatic nitrogens is 3. The second kappa shape index (κ2) is 5.17. The maximum absolute atomic E-state index is 11.8. The molecule has 2 heterocycles. The summed E-state index contributed by atoms with van der Waals surface area (Å²) in [6.45, 7) is 4.76. The van der Waals surface area contributed by atoms with Crippen LogP contribution in [0.4, 0.5) is 0 Å². The monoisotopic (exact) mass is 285 g/mol. The molecule has 0 saturated heterocycles. The summed E-state index contributed by atoms with van der Waals surface area (Å²) in [5.74, 6) is 0.228. The van der Waals surface area contributed by atoms with Crippen LogP contribution in [0.15, 0.2) is 41.5 Å². The van der Waals surface area contributed by atoms with Crippen molar-refractivity contribution in [3.63, 3.8) is 0 Å². The van der Waals surface area contributed by atoms with E-state index in [1.807, 2.05) is 42.9 Å². The molecule has 0 unspecified atom stereocenters. The highest BCUT2D eigenvalue weighted by molar-refractivity contribution is 7.00. The van der Waals surface area contributed by atoms with E-state index in [4.69, 9.17) is 0 Å². The third kappa shape index (κ3) is 2.36. The van der Waals surface area contributed by atoms with E-state index in [-0.39, 0.29) is 11.3 Å². The van der Waals surface area contributed by atoms with Gasteiger partial charge in [0, 0.05) is 36.1 Å². The molecule has 0 bridgehead atoms. The first-order valence-corrected chi connectivity index (χ1v) is 7.28. The van der Waals surface area contributed by atoms with E-state index in [9.17, 15) is 4.79 Å². The summed E-state index contributed by atoms with van der Waals surface area (Å²) < 4.78 is 10.6. The van der Waals surface area contributed by atoms with Gasteiger partial charge >= 0.3 is 0 Å². The predicted octanol–water partition coefficient (Wildman–Crippen LogP) is 3.02. The van der Waals surface area contributed by atoms with Crippen LogP contribution in [-0.2, 0) is 6.54 Å². The molecule has 0 atom stereocenters. The molecular formula is C15H15N3OS. The third-order valence-electron chi connectivity index (χ3n) is 3.35. The molecule has 0 aliphatic carbocycles. The van der Waals surface area contributed by atoms with Gasteiger partial charge in [-0.15, -0.1) is 0 Å². The van der Waals surface area contributed by atoms with Crippen LogP contribution in [0.5, 0.6) is 0 Å². The van der Waals surface area contributed by atoms with Crippen molar-refractivity contribution in [2.75, 3.05) is 0 Å². The smallest absolute Gasteiger partial charge is 0.184 e. The van der Waals surface area contributed by atoms with Gasteiger partial charge in [-0.25, -0.2) is 0 Å². The van der Waals surface area contributed by atoms with Gasteiger partial charge in [0.1, 0.15) is 11.0 Å². The third-order valence-corrected chi connectivity index (χ3v) is 3.89. The average Bonchev–Trinajstić information content (AvgIpc) is 2.90. The number of rotatable bonds is 3. The SMILES string of the molecule is CC(C)c1cn(Cc2cccc3nsnc23)ccc1=O. The summed E-state index contributed by atoms with van der Waals surface area (Å²) in [6, 6.07) is 7.64. The highest BCUT2D eigenvalue weighted by Gasteiger charge is 2.08. The first kappa shape index (κ1) is 13.0. The van der Waals surface area contributed by atoms with E-state index < -0.39 is 0 Å². The van der Waals surface area contributed by atoms with Gasteiger partial charge < -0.3 is 4.57 Å². The zero-order chi connectivity index (χ0) is 14.1. The summed E-state index contributed by atoms with van der Waals surface area (Å²) >= 11 is 1.23. The lowest BCUT2D eigenvalue weighted by Gasteiger charge is -2.11. The standard InChI is InChI=1S/C15H15N3OS/c1-10(2)12-9-18(7-6-14(12)19)8-11-4-3-5-13-15(11)17-20-16-13/h3-7,9-10H,8H2,1-2H3. The van der Waals surface area contributed by atoms with Crippen LogP contribution in [0.3, 0.4) is 0 Å². The molecule has 0 saturated carbocycles. The van der Waals surface area contributed by atoms with Crippen LogP contribution in [0.25, 0.3) is 11.0 Å². The Morgan fingerprint density at radius 1 is 1.25 bits per heavy atom. The van der Waals surface area contributed by atoms with Crippen molar-refractivity contribution in [2.45, 2.75) is 26.3 Å². The lowest BCUT2D eigenvalue weighted by atomic mass is 10.1. The molecule has 2 aromatic heterocycles. The van der Waals surface area contributed by atoms with E-state index in [0.29, 0.717) is 6.54 Å². The largest absolute Gasteiger partial charge is 0.349 e. The fraction of sp³-hybridized carbons (Fsp3) is 0.267. The normalized spacial score (nSPS) is 11.3. The number of fused-ring (bicyclic) bond motifs is 1. The van der Waals surface area contributed by atoms with E-state index >= 15 is 0 Å². The number of hydrogen-bond donors (Lipinski definition) is 0. The van der Waals surface area contributed by atoms with E-state index in [1.165, 1.54) is 11.7 Å². The summed E-state index contributed by atoms with van der Waals surface area (Å²) in [6.07, 6.45) is 3.76. The maximum Gasteiger partial charge on any atom is 0.184 e. The summed E-state index contributed by atoms with van der Waals surface area (Å²) in [7, 11) is 0. The summed E-state index contributed by atoms with van der Waals surface area (Å²) in [4.78, 5) is 11.8. The minimum absolute atomic E-state index is 0.102. The number of benzene rings is 1. The van der Waals surface area contributed by atoms with Crippen molar-refractivity contribution in [2.24, 2.45) is 0 Å². The van der Waals surface area contributed by atoms with Gasteiger partial charge in [-0.2, -0.15) is 8.75 Å². The van der Waals surface area contributed by atoms with Gasteiger partial charge in [0.05, 0.1) is 11.7 Å². The maximum atomic E-state index is 11.8. The van der Waals surface area contributed by atoms with Crippen molar-refractivity contribution in [3.8, 4) is 0 Å². The van der Waals surface area contributed by atoms with E-state index in [2.05, 4.69) is 14.8 Å². The van der Waals surface area contributed by atoms with Gasteiger partial charge in [-0.05, 0) is 12.0 Å². The Bertz CT molecular complexity index is 804. The molecular weight excluding hydrogens is 270 g/mol. The lowest BCUT2D eigenvalue weighted by Crippen LogP contribution is -2.13. The van der Waals surface area contributed by atoms with E-state index in [0.717, 1.165) is 22.2 Å². The summed E-state index contributed by atoms with van der Waals surface area (Å²) in [5.41, 5.74) is 3.94. The van der Waals surface area contributed by atoms with Gasteiger partial charge in [0.25, 0.3) is 0 Å². The van der Waals surface area contributed by atoms with Gasteiger partial charge in [-0.3, -0.25) is 4.79 Å². The Morgan fingerprint density at radius 3 is 2.90 bits per heavy atom. The summed E-state index contributed by atoms with van der Waals surface area (Å²) in [5, 5.41) is 0. The molecule has 0 radical (unpaired) electrons. The van der Waals surface area contributed by atoms with Crippen molar-refractivity contribution in [1.82, 2.24) is 13.3 Å². The van der Waals surface area contributed by atoms with Crippen LogP contribution >= 0.6 is 11.7 Å². The molecule has 0 N–H and O–H groups in total. The van der Waals surface area contributed by atoms with Crippen LogP contribution in [0.1, 0.15) is 30.9 Å². The zero-order valence-corrected chi connectivity index (χ0v) is 12.2. The minimum atomic E-state index is 0.102. The van der Waals surface area contributed by atoms with Crippen molar-refractivity contribution < 1.29 is 0 Å². The van der Waals surface area contributed by atoms with E-state index in [1.54, 1.807) is 6.07 Å². The quantitative estimate of drug-likeness (QED) is 0.743. The Morgan fingerprint density at radius 2 is 2.10 bits per heavy atom. The molecule has 5 heteroatoms. The molecule has 3 aromatic rings. The fourth-order valence-electron chi connectivity index (χ4n) is 2.26. The molecule has 4 nitrogen and oxygen atoms in total. The lowest BCUT2D eigenvalue weighted by molar-refractivity contribution is 0.754. The average molecular weight is 285 g/mol. The second-order valence-corrected chi connectivity index (χ2v) is 5.67. The minimum Gasteiger partial charge on any atom is -0.349 e. The topological polar surface area (TPSA) is 47.8 Å². The van der Waals surface area contributed by atoms with Crippen molar-refractivity contribution in [1.29, 1.82) is 0 Å². The van der Waals surface area contributed by atoms with Crippen LogP contribution < -0.4 is 5.43 Å². The Hall–Kier alpha value is -2.01. The highest BCUT2D eigenvalue weighted by Crippen LogP contribution is 2.18. The van der Waals surface area contributed by atoms with Gasteiger partial charge in [0.15, 0.2) is 5.43 Å². The molecule has 0 aliphatic heterocycles. The molecule has 0 amide bonds. The molecule has 0 aliphatic rings. The second-order valence-electron chi connectivity index (χ2n) is 5.14.